The Labute approximate surface area is 106 Å². The van der Waals surface area contributed by atoms with E-state index in [0.29, 0.717) is 5.56 Å². The number of phenols is 1. The number of phenolic OH excluding ortho intramolecular Hbond substituents is 1. The number of hydrogen-bond donors (Lipinski definition) is 3. The molecule has 0 bridgehead atoms. The fourth-order valence-corrected chi connectivity index (χ4v) is 2.10. The van der Waals surface area contributed by atoms with E-state index in [1.807, 2.05) is 0 Å². The van der Waals surface area contributed by atoms with Crippen molar-refractivity contribution in [1.29, 1.82) is 0 Å². The summed E-state index contributed by atoms with van der Waals surface area (Å²) in [5.41, 5.74) is 0.526. The molecule has 0 aliphatic heterocycles. The van der Waals surface area contributed by atoms with Gasteiger partial charge < -0.3 is 10.4 Å². The quantitative estimate of drug-likeness (QED) is 0.716. The van der Waals surface area contributed by atoms with Gasteiger partial charge in [-0.3, -0.25) is 0 Å². The minimum Gasteiger partial charge on any atom is -0.508 e. The van der Waals surface area contributed by atoms with E-state index in [9.17, 15) is 17.9 Å². The summed E-state index contributed by atoms with van der Waals surface area (Å²) in [7, 11) is -1.90. The Morgan fingerprint density at radius 1 is 1.44 bits per heavy atom. The first-order valence-electron chi connectivity index (χ1n) is 5.49. The highest BCUT2D eigenvalue weighted by Crippen LogP contribution is 2.24. The number of nitrogens with one attached hydrogen (secondary N) is 2. The second-order valence-electron chi connectivity index (χ2n) is 3.90. The maximum atomic E-state index is 12.8. The Morgan fingerprint density at radius 3 is 2.67 bits per heavy atom. The smallest absolute Gasteiger partial charge is 0.212 e. The average Bonchev–Trinajstić information content (AvgIpc) is 2.28. The van der Waals surface area contributed by atoms with E-state index in [4.69, 9.17) is 0 Å². The molecule has 1 aromatic carbocycles. The second kappa shape index (κ2) is 6.12. The molecule has 0 heterocycles. The van der Waals surface area contributed by atoms with Crippen LogP contribution in [0.15, 0.2) is 18.2 Å². The molecule has 1 unspecified atom stereocenters. The lowest BCUT2D eigenvalue weighted by Gasteiger charge is -2.15. The maximum Gasteiger partial charge on any atom is 0.212 e. The van der Waals surface area contributed by atoms with Crippen LogP contribution >= 0.6 is 0 Å². The number of rotatable bonds is 6. The van der Waals surface area contributed by atoms with Gasteiger partial charge in [0.15, 0.2) is 0 Å². The first-order chi connectivity index (χ1) is 8.35. The summed E-state index contributed by atoms with van der Waals surface area (Å²) in [6.07, 6.45) is 0. The summed E-state index contributed by atoms with van der Waals surface area (Å²) in [5.74, 6) is -0.719. The Morgan fingerprint density at radius 2 is 2.11 bits per heavy atom. The van der Waals surface area contributed by atoms with Crippen molar-refractivity contribution >= 4 is 10.0 Å². The van der Waals surface area contributed by atoms with Gasteiger partial charge in [-0.05, 0) is 20.0 Å². The van der Waals surface area contributed by atoms with Crippen molar-refractivity contribution in [2.45, 2.75) is 13.0 Å². The average molecular weight is 276 g/mol. The summed E-state index contributed by atoms with van der Waals surface area (Å²) in [6.45, 7) is 2.00. The summed E-state index contributed by atoms with van der Waals surface area (Å²) in [4.78, 5) is 0. The first kappa shape index (κ1) is 14.9. The fraction of sp³-hybridized carbons (Fsp3) is 0.455. The Bertz CT molecular complexity index is 505. The van der Waals surface area contributed by atoms with E-state index in [1.165, 1.54) is 19.2 Å². The zero-order valence-corrected chi connectivity index (χ0v) is 11.1. The summed E-state index contributed by atoms with van der Waals surface area (Å²) in [5, 5.41) is 12.5. The molecular weight excluding hydrogens is 259 g/mol. The van der Waals surface area contributed by atoms with Crippen LogP contribution in [0.1, 0.15) is 18.5 Å². The molecule has 0 spiro atoms. The zero-order chi connectivity index (χ0) is 13.8. The van der Waals surface area contributed by atoms with Gasteiger partial charge in [-0.15, -0.1) is 0 Å². The van der Waals surface area contributed by atoms with Crippen LogP contribution in [0, 0.1) is 5.82 Å². The lowest BCUT2D eigenvalue weighted by atomic mass is 10.1. The third kappa shape index (κ3) is 4.25. The molecule has 1 atom stereocenters. The molecular formula is C11H17FN2O3S. The Hall–Kier alpha value is -1.18. The standard InChI is InChI=1S/C11H17FN2O3S/c1-8(14-5-6-18(16,17)13-2)10-4-3-9(12)7-11(10)15/h3-4,7-8,13-15H,5-6H2,1-2H3. The van der Waals surface area contributed by atoms with E-state index in [2.05, 4.69) is 10.0 Å². The predicted molar refractivity (Wildman–Crippen MR) is 67.3 cm³/mol. The van der Waals surface area contributed by atoms with Gasteiger partial charge in [0.1, 0.15) is 11.6 Å². The van der Waals surface area contributed by atoms with E-state index in [1.54, 1.807) is 6.92 Å². The van der Waals surface area contributed by atoms with Gasteiger partial charge in [-0.2, -0.15) is 0 Å². The number of halogens is 1. The highest BCUT2D eigenvalue weighted by Gasteiger charge is 2.12. The van der Waals surface area contributed by atoms with Crippen LogP contribution in [0.25, 0.3) is 0 Å². The van der Waals surface area contributed by atoms with E-state index in [0.717, 1.165) is 6.07 Å². The van der Waals surface area contributed by atoms with Crippen molar-refractivity contribution in [1.82, 2.24) is 10.0 Å². The topological polar surface area (TPSA) is 78.4 Å². The normalized spacial score (nSPS) is 13.5. The molecule has 5 nitrogen and oxygen atoms in total. The minimum absolute atomic E-state index is 0.0597. The van der Waals surface area contributed by atoms with Gasteiger partial charge in [0.05, 0.1) is 5.75 Å². The molecule has 0 amide bonds. The van der Waals surface area contributed by atoms with Gasteiger partial charge in [-0.1, -0.05) is 6.07 Å². The van der Waals surface area contributed by atoms with Crippen molar-refractivity contribution < 1.29 is 17.9 Å². The second-order valence-corrected chi connectivity index (χ2v) is 5.95. The Balaban J connectivity index is 2.58. The van der Waals surface area contributed by atoms with Crippen molar-refractivity contribution in [3.05, 3.63) is 29.6 Å². The van der Waals surface area contributed by atoms with Crippen molar-refractivity contribution in [2.24, 2.45) is 0 Å². The van der Waals surface area contributed by atoms with Crippen molar-refractivity contribution in [2.75, 3.05) is 19.3 Å². The largest absolute Gasteiger partial charge is 0.508 e. The number of benzene rings is 1. The van der Waals surface area contributed by atoms with Crippen molar-refractivity contribution in [3.8, 4) is 5.75 Å². The molecule has 18 heavy (non-hydrogen) atoms. The van der Waals surface area contributed by atoms with Gasteiger partial charge in [0.25, 0.3) is 0 Å². The summed E-state index contributed by atoms with van der Waals surface area (Å²) >= 11 is 0. The molecule has 0 aliphatic rings. The third-order valence-electron chi connectivity index (χ3n) is 2.59. The van der Waals surface area contributed by atoms with E-state index in [-0.39, 0.29) is 24.1 Å². The van der Waals surface area contributed by atoms with Gasteiger partial charge in [0.2, 0.25) is 10.0 Å². The summed E-state index contributed by atoms with van der Waals surface area (Å²) in [6, 6.07) is 3.47. The lowest BCUT2D eigenvalue weighted by Crippen LogP contribution is -2.30. The van der Waals surface area contributed by atoms with Crippen LogP contribution in [0.2, 0.25) is 0 Å². The van der Waals surface area contributed by atoms with Crippen LogP contribution in [0.5, 0.6) is 5.75 Å². The summed E-state index contributed by atoms with van der Waals surface area (Å²) < 4.78 is 37.4. The van der Waals surface area contributed by atoms with Crippen LogP contribution < -0.4 is 10.0 Å². The van der Waals surface area contributed by atoms with E-state index >= 15 is 0 Å². The molecule has 0 saturated carbocycles. The molecule has 0 fully saturated rings. The molecule has 3 N–H and O–H groups in total. The number of aromatic hydroxyl groups is 1. The van der Waals surface area contributed by atoms with Gasteiger partial charge >= 0.3 is 0 Å². The SMILES string of the molecule is CNS(=O)(=O)CCNC(C)c1ccc(F)cc1O. The third-order valence-corrected chi connectivity index (χ3v) is 3.95. The Kier molecular flexibility index (Phi) is 5.06. The fourth-order valence-electron chi connectivity index (χ4n) is 1.50. The molecule has 1 aromatic rings. The molecule has 0 aliphatic carbocycles. The highest BCUT2D eigenvalue weighted by atomic mass is 32.2. The van der Waals surface area contributed by atoms with E-state index < -0.39 is 15.8 Å². The minimum atomic E-state index is -3.25. The lowest BCUT2D eigenvalue weighted by molar-refractivity contribution is 0.449. The molecule has 102 valence electrons. The molecule has 0 radical (unpaired) electrons. The van der Waals surface area contributed by atoms with Crippen LogP contribution in [0.3, 0.4) is 0 Å². The first-order valence-corrected chi connectivity index (χ1v) is 7.14. The van der Waals surface area contributed by atoms with Crippen LogP contribution in [-0.4, -0.2) is 32.9 Å². The molecule has 0 aromatic heterocycles. The zero-order valence-electron chi connectivity index (χ0n) is 10.3. The van der Waals surface area contributed by atoms with Crippen molar-refractivity contribution in [3.63, 3.8) is 0 Å². The molecule has 1 rings (SSSR count). The monoisotopic (exact) mass is 276 g/mol. The maximum absolute atomic E-state index is 12.8. The van der Waals surface area contributed by atoms with Gasteiger partial charge in [-0.25, -0.2) is 17.5 Å². The number of sulfonamides is 1. The van der Waals surface area contributed by atoms with Crippen LogP contribution in [-0.2, 0) is 10.0 Å². The molecule has 7 heteroatoms. The number of hydrogen-bond acceptors (Lipinski definition) is 4. The highest BCUT2D eigenvalue weighted by molar-refractivity contribution is 7.89. The predicted octanol–water partition coefficient (Wildman–Crippen LogP) is 0.731. The van der Waals surface area contributed by atoms with Crippen LogP contribution in [0.4, 0.5) is 4.39 Å². The molecule has 0 saturated heterocycles. The van der Waals surface area contributed by atoms with Gasteiger partial charge in [0, 0.05) is 24.2 Å².